The molecule has 2 aromatic carbocycles. The van der Waals surface area contributed by atoms with E-state index in [1.807, 2.05) is 11.8 Å². The number of hydrogen-bond acceptors (Lipinski definition) is 4. The van der Waals surface area contributed by atoms with E-state index in [-0.39, 0.29) is 30.5 Å². The molecule has 1 saturated heterocycles. The molecule has 31 heavy (non-hydrogen) atoms. The van der Waals surface area contributed by atoms with Crippen molar-refractivity contribution in [1.29, 1.82) is 0 Å². The molecule has 2 aromatic rings. The smallest absolute Gasteiger partial charge is 0.260 e. The summed E-state index contributed by atoms with van der Waals surface area (Å²) in [6, 6.07) is 10.6. The van der Waals surface area contributed by atoms with E-state index in [0.717, 1.165) is 24.8 Å². The van der Waals surface area contributed by atoms with Crippen LogP contribution in [0.3, 0.4) is 0 Å². The van der Waals surface area contributed by atoms with Crippen molar-refractivity contribution in [2.75, 3.05) is 19.0 Å². The van der Waals surface area contributed by atoms with E-state index in [1.54, 1.807) is 36.4 Å². The van der Waals surface area contributed by atoms with Crippen molar-refractivity contribution in [2.24, 2.45) is 0 Å². The van der Waals surface area contributed by atoms with Gasteiger partial charge in [0, 0.05) is 28.7 Å². The number of carbonyl (C=O) groups is 2. The van der Waals surface area contributed by atoms with E-state index < -0.39 is 0 Å². The van der Waals surface area contributed by atoms with Gasteiger partial charge in [0.2, 0.25) is 0 Å². The highest BCUT2D eigenvalue weighted by Crippen LogP contribution is 2.31. The summed E-state index contributed by atoms with van der Waals surface area (Å²) in [5, 5.41) is 3.41. The first-order valence-corrected chi connectivity index (χ1v) is 10.9. The molecule has 0 aliphatic carbocycles. The summed E-state index contributed by atoms with van der Waals surface area (Å²) in [6.07, 6.45) is 3.20. The van der Waals surface area contributed by atoms with Crippen molar-refractivity contribution >= 4 is 29.1 Å². The van der Waals surface area contributed by atoms with E-state index in [2.05, 4.69) is 19.2 Å². The number of piperidine rings is 1. The van der Waals surface area contributed by atoms with Gasteiger partial charge < -0.3 is 19.7 Å². The van der Waals surface area contributed by atoms with E-state index in [4.69, 9.17) is 21.1 Å². The number of carbonyl (C=O) groups excluding carboxylic acids is 2. The number of aryl methyl sites for hydroxylation is 1. The quantitative estimate of drug-likeness (QED) is 0.674. The third-order valence-corrected chi connectivity index (χ3v) is 6.10. The number of amides is 2. The van der Waals surface area contributed by atoms with Gasteiger partial charge in [-0.2, -0.15) is 0 Å². The molecule has 1 aliphatic rings. The maximum Gasteiger partial charge on any atom is 0.260 e. The Bertz CT molecular complexity index is 935. The molecule has 7 heteroatoms. The zero-order chi connectivity index (χ0) is 22.5. The molecule has 6 nitrogen and oxygen atoms in total. The van der Waals surface area contributed by atoms with Gasteiger partial charge in [0.25, 0.3) is 11.8 Å². The largest absolute Gasteiger partial charge is 0.495 e. The number of hydrogen-bond donors (Lipinski definition) is 1. The molecule has 0 spiro atoms. The Morgan fingerprint density at radius 2 is 1.77 bits per heavy atom. The number of ether oxygens (including phenoxy) is 2. The summed E-state index contributed by atoms with van der Waals surface area (Å²) in [7, 11) is 1.52. The van der Waals surface area contributed by atoms with Gasteiger partial charge in [-0.3, -0.25) is 9.59 Å². The van der Waals surface area contributed by atoms with Gasteiger partial charge >= 0.3 is 0 Å². The second-order valence-electron chi connectivity index (χ2n) is 8.00. The molecule has 2 amide bonds. The van der Waals surface area contributed by atoms with Gasteiger partial charge in [0.15, 0.2) is 6.61 Å². The molecule has 1 aliphatic heterocycles. The van der Waals surface area contributed by atoms with Crippen LogP contribution in [0.4, 0.5) is 5.69 Å². The van der Waals surface area contributed by atoms with Crippen molar-refractivity contribution < 1.29 is 19.1 Å². The Balaban J connectivity index is 1.60. The van der Waals surface area contributed by atoms with E-state index in [0.29, 0.717) is 27.8 Å². The van der Waals surface area contributed by atoms with Crippen LogP contribution >= 0.6 is 11.6 Å². The predicted molar refractivity (Wildman–Crippen MR) is 122 cm³/mol. The molecular weight excluding hydrogens is 416 g/mol. The number of likely N-dealkylation sites (tertiary alicyclic amines) is 1. The lowest BCUT2D eigenvalue weighted by molar-refractivity contribution is -0.139. The van der Waals surface area contributed by atoms with Crippen LogP contribution in [-0.2, 0) is 4.79 Å². The van der Waals surface area contributed by atoms with Crippen LogP contribution in [0.25, 0.3) is 0 Å². The highest BCUT2D eigenvalue weighted by Gasteiger charge is 2.29. The molecular formula is C24H29ClN2O4. The Labute approximate surface area is 188 Å². The second-order valence-corrected chi connectivity index (χ2v) is 8.41. The molecule has 1 fully saturated rings. The van der Waals surface area contributed by atoms with Crippen LogP contribution in [0, 0.1) is 6.92 Å². The SMILES string of the molecule is COc1cc(Cl)c(C)cc1NC(=O)c1ccc(OCC(=O)N2C(C)CCCC2C)cc1. The van der Waals surface area contributed by atoms with Crippen LogP contribution in [0.2, 0.25) is 5.02 Å². The normalized spacial score (nSPS) is 18.4. The monoisotopic (exact) mass is 444 g/mol. The van der Waals surface area contributed by atoms with Crippen LogP contribution in [0.1, 0.15) is 49.0 Å². The van der Waals surface area contributed by atoms with Crippen LogP contribution < -0.4 is 14.8 Å². The minimum absolute atomic E-state index is 0.00766. The van der Waals surface area contributed by atoms with Crippen molar-refractivity contribution in [3.05, 3.63) is 52.5 Å². The lowest BCUT2D eigenvalue weighted by atomic mass is 9.97. The topological polar surface area (TPSA) is 67.9 Å². The van der Waals surface area contributed by atoms with Crippen molar-refractivity contribution in [1.82, 2.24) is 4.90 Å². The average molecular weight is 445 g/mol. The van der Waals surface area contributed by atoms with Crippen LogP contribution in [0.15, 0.2) is 36.4 Å². The van der Waals surface area contributed by atoms with E-state index in [9.17, 15) is 9.59 Å². The van der Waals surface area contributed by atoms with Gasteiger partial charge in [0.1, 0.15) is 11.5 Å². The van der Waals surface area contributed by atoms with Gasteiger partial charge in [-0.05, 0) is 75.9 Å². The molecule has 0 saturated carbocycles. The number of nitrogens with one attached hydrogen (secondary N) is 1. The summed E-state index contributed by atoms with van der Waals surface area (Å²) in [5.74, 6) is 0.746. The Morgan fingerprint density at radius 1 is 1.13 bits per heavy atom. The fraction of sp³-hybridized carbons (Fsp3) is 0.417. The lowest BCUT2D eigenvalue weighted by Crippen LogP contribution is -2.49. The molecule has 0 radical (unpaired) electrons. The molecule has 1 N–H and O–H groups in total. The number of benzene rings is 2. The molecule has 1 heterocycles. The van der Waals surface area contributed by atoms with Gasteiger partial charge in [-0.1, -0.05) is 11.6 Å². The predicted octanol–water partition coefficient (Wildman–Crippen LogP) is 5.08. The zero-order valence-electron chi connectivity index (χ0n) is 18.4. The van der Waals surface area contributed by atoms with Crippen molar-refractivity contribution in [3.63, 3.8) is 0 Å². The highest BCUT2D eigenvalue weighted by molar-refractivity contribution is 6.31. The summed E-state index contributed by atoms with van der Waals surface area (Å²) in [5.41, 5.74) is 1.85. The van der Waals surface area contributed by atoms with Gasteiger partial charge in [-0.15, -0.1) is 0 Å². The third kappa shape index (κ3) is 5.50. The summed E-state index contributed by atoms with van der Waals surface area (Å²) in [6.45, 7) is 6.01. The van der Waals surface area contributed by atoms with Crippen molar-refractivity contribution in [2.45, 2.75) is 52.1 Å². The fourth-order valence-electron chi connectivity index (χ4n) is 3.96. The molecule has 0 aromatic heterocycles. The maximum atomic E-state index is 12.6. The average Bonchev–Trinajstić information content (AvgIpc) is 2.74. The number of anilines is 1. The van der Waals surface area contributed by atoms with Gasteiger partial charge in [-0.25, -0.2) is 0 Å². The zero-order valence-corrected chi connectivity index (χ0v) is 19.2. The van der Waals surface area contributed by atoms with Gasteiger partial charge in [0.05, 0.1) is 12.8 Å². The standard InChI is InChI=1S/C24H29ClN2O4/c1-15-12-21(22(30-4)13-20(15)25)26-24(29)18-8-10-19(11-9-18)31-14-23(28)27-16(2)6-5-7-17(27)3/h8-13,16-17H,5-7,14H2,1-4H3,(H,26,29). The molecule has 166 valence electrons. The minimum atomic E-state index is -0.279. The summed E-state index contributed by atoms with van der Waals surface area (Å²) in [4.78, 5) is 27.2. The van der Waals surface area contributed by atoms with Crippen molar-refractivity contribution in [3.8, 4) is 11.5 Å². The molecule has 2 atom stereocenters. The minimum Gasteiger partial charge on any atom is -0.495 e. The van der Waals surface area contributed by atoms with E-state index in [1.165, 1.54) is 7.11 Å². The second kappa shape index (κ2) is 10.1. The lowest BCUT2D eigenvalue weighted by Gasteiger charge is -2.38. The Morgan fingerprint density at radius 3 is 2.39 bits per heavy atom. The Kier molecular flexibility index (Phi) is 7.44. The first-order chi connectivity index (χ1) is 14.8. The third-order valence-electron chi connectivity index (χ3n) is 5.69. The van der Waals surface area contributed by atoms with Crippen LogP contribution in [-0.4, -0.2) is 42.5 Å². The summed E-state index contributed by atoms with van der Waals surface area (Å²) < 4.78 is 11.0. The number of rotatable bonds is 6. The maximum absolute atomic E-state index is 12.6. The Hall–Kier alpha value is -2.73. The molecule has 3 rings (SSSR count). The number of nitrogens with zero attached hydrogens (tertiary/aromatic N) is 1. The first-order valence-electron chi connectivity index (χ1n) is 10.5. The van der Waals surface area contributed by atoms with E-state index >= 15 is 0 Å². The number of halogens is 1. The first kappa shape index (κ1) is 22.9. The molecule has 0 bridgehead atoms. The summed E-state index contributed by atoms with van der Waals surface area (Å²) >= 11 is 6.12. The fourth-order valence-corrected chi connectivity index (χ4v) is 4.11. The highest BCUT2D eigenvalue weighted by atomic mass is 35.5. The van der Waals surface area contributed by atoms with Crippen LogP contribution in [0.5, 0.6) is 11.5 Å². The number of methoxy groups -OCH3 is 1. The molecule has 2 unspecified atom stereocenters.